The normalized spacial score (nSPS) is 11.5. The van der Waals surface area contributed by atoms with Crippen molar-refractivity contribution >= 4 is 11.8 Å². The Balaban J connectivity index is 2.83. The quantitative estimate of drug-likeness (QED) is 0.837. The van der Waals surface area contributed by atoms with Crippen molar-refractivity contribution in [1.82, 2.24) is 9.97 Å². The average molecular weight is 220 g/mol. The summed E-state index contributed by atoms with van der Waals surface area (Å²) in [6, 6.07) is 1.42. The van der Waals surface area contributed by atoms with Crippen molar-refractivity contribution in [2.75, 3.05) is 23.7 Å². The molecule has 0 saturated carbocycles. The molecule has 4 nitrogen and oxygen atoms in total. The van der Waals surface area contributed by atoms with Gasteiger partial charge in [0.05, 0.1) is 0 Å². The van der Waals surface area contributed by atoms with Crippen LogP contribution in [0.15, 0.2) is 12.3 Å². The molecule has 1 rings (SSSR count). The Kier molecular flexibility index (Phi) is 3.33. The molecule has 2 N–H and O–H groups in total. The molecule has 0 atom stereocenters. The van der Waals surface area contributed by atoms with Crippen LogP contribution in [0, 0.1) is 0 Å². The van der Waals surface area contributed by atoms with Crippen LogP contribution in [0.5, 0.6) is 0 Å². The van der Waals surface area contributed by atoms with E-state index in [2.05, 4.69) is 9.97 Å². The monoisotopic (exact) mass is 220 g/mol. The number of rotatable bonds is 3. The minimum atomic E-state index is -4.27. The molecule has 1 aromatic rings. The SMILES string of the molecule is CCN(CC(F)(F)F)c1nccc(N)n1. The Morgan fingerprint density at radius 2 is 2.13 bits per heavy atom. The van der Waals surface area contributed by atoms with Crippen molar-refractivity contribution < 1.29 is 13.2 Å². The molecule has 7 heteroatoms. The first-order valence-corrected chi connectivity index (χ1v) is 4.32. The summed E-state index contributed by atoms with van der Waals surface area (Å²) in [5.74, 6) is 0.149. The second-order valence-corrected chi connectivity index (χ2v) is 2.91. The van der Waals surface area contributed by atoms with Crippen molar-refractivity contribution in [3.8, 4) is 0 Å². The lowest BCUT2D eigenvalue weighted by atomic mass is 10.5. The zero-order valence-corrected chi connectivity index (χ0v) is 8.12. The van der Waals surface area contributed by atoms with Crippen molar-refractivity contribution in [3.05, 3.63) is 12.3 Å². The van der Waals surface area contributed by atoms with Gasteiger partial charge in [-0.2, -0.15) is 18.2 Å². The Morgan fingerprint density at radius 1 is 1.47 bits per heavy atom. The fourth-order valence-electron chi connectivity index (χ4n) is 1.05. The highest BCUT2D eigenvalue weighted by Crippen LogP contribution is 2.19. The molecule has 1 heterocycles. The number of hydrogen-bond donors (Lipinski definition) is 1. The van der Waals surface area contributed by atoms with Gasteiger partial charge in [-0.25, -0.2) is 4.98 Å². The number of aromatic nitrogens is 2. The van der Waals surface area contributed by atoms with E-state index in [-0.39, 0.29) is 18.3 Å². The minimum absolute atomic E-state index is 0.00479. The zero-order valence-electron chi connectivity index (χ0n) is 8.12. The molecular formula is C8H11F3N4. The first-order chi connectivity index (χ1) is 6.92. The van der Waals surface area contributed by atoms with E-state index in [1.165, 1.54) is 12.3 Å². The minimum Gasteiger partial charge on any atom is -0.384 e. The highest BCUT2D eigenvalue weighted by molar-refractivity contribution is 5.37. The van der Waals surface area contributed by atoms with Crippen LogP contribution >= 0.6 is 0 Å². The van der Waals surface area contributed by atoms with E-state index in [1.807, 2.05) is 0 Å². The van der Waals surface area contributed by atoms with Crippen molar-refractivity contribution in [2.24, 2.45) is 0 Å². The van der Waals surface area contributed by atoms with Crippen LogP contribution in [0.1, 0.15) is 6.92 Å². The highest BCUT2D eigenvalue weighted by Gasteiger charge is 2.31. The Bertz CT molecular complexity index is 326. The molecule has 1 aromatic heterocycles. The van der Waals surface area contributed by atoms with E-state index in [4.69, 9.17) is 5.73 Å². The molecule has 84 valence electrons. The maximum atomic E-state index is 12.2. The van der Waals surface area contributed by atoms with Gasteiger partial charge in [-0.05, 0) is 13.0 Å². The Morgan fingerprint density at radius 3 is 2.60 bits per heavy atom. The van der Waals surface area contributed by atoms with E-state index in [9.17, 15) is 13.2 Å². The second kappa shape index (κ2) is 4.33. The number of nitrogen functional groups attached to an aromatic ring is 1. The molecule has 0 bridgehead atoms. The van der Waals surface area contributed by atoms with Gasteiger partial charge in [-0.1, -0.05) is 0 Å². The van der Waals surface area contributed by atoms with E-state index >= 15 is 0 Å². The number of hydrogen-bond acceptors (Lipinski definition) is 4. The first kappa shape index (κ1) is 11.5. The third-order valence-electron chi connectivity index (χ3n) is 1.70. The smallest absolute Gasteiger partial charge is 0.384 e. The molecule has 0 unspecified atom stereocenters. The predicted octanol–water partition coefficient (Wildman–Crippen LogP) is 1.45. The third kappa shape index (κ3) is 3.61. The molecule has 0 aliphatic heterocycles. The van der Waals surface area contributed by atoms with Crippen LogP contribution in [-0.2, 0) is 0 Å². The summed E-state index contributed by atoms with van der Waals surface area (Å²) in [6.45, 7) is 0.689. The largest absolute Gasteiger partial charge is 0.406 e. The van der Waals surface area contributed by atoms with E-state index in [0.29, 0.717) is 0 Å². The van der Waals surface area contributed by atoms with Gasteiger partial charge in [0.1, 0.15) is 12.4 Å². The van der Waals surface area contributed by atoms with Gasteiger partial charge in [-0.3, -0.25) is 0 Å². The van der Waals surface area contributed by atoms with Crippen LogP contribution in [0.25, 0.3) is 0 Å². The molecular weight excluding hydrogens is 209 g/mol. The molecule has 0 aliphatic rings. The van der Waals surface area contributed by atoms with E-state index < -0.39 is 12.7 Å². The second-order valence-electron chi connectivity index (χ2n) is 2.91. The van der Waals surface area contributed by atoms with Gasteiger partial charge in [0.25, 0.3) is 0 Å². The fraction of sp³-hybridized carbons (Fsp3) is 0.500. The van der Waals surface area contributed by atoms with Crippen molar-refractivity contribution in [3.63, 3.8) is 0 Å². The van der Waals surface area contributed by atoms with Crippen LogP contribution in [0.2, 0.25) is 0 Å². The molecule has 0 fully saturated rings. The van der Waals surface area contributed by atoms with Gasteiger partial charge < -0.3 is 10.6 Å². The molecule has 0 aromatic carbocycles. The topological polar surface area (TPSA) is 55.0 Å². The molecule has 15 heavy (non-hydrogen) atoms. The van der Waals surface area contributed by atoms with Gasteiger partial charge in [-0.15, -0.1) is 0 Å². The fourth-order valence-corrected chi connectivity index (χ4v) is 1.05. The van der Waals surface area contributed by atoms with Gasteiger partial charge in [0, 0.05) is 12.7 Å². The van der Waals surface area contributed by atoms with Crippen LogP contribution in [0.4, 0.5) is 24.9 Å². The third-order valence-corrected chi connectivity index (χ3v) is 1.70. The molecule has 0 spiro atoms. The summed E-state index contributed by atoms with van der Waals surface area (Å²) >= 11 is 0. The first-order valence-electron chi connectivity index (χ1n) is 4.32. The van der Waals surface area contributed by atoms with Gasteiger partial charge in [0.2, 0.25) is 5.95 Å². The summed E-state index contributed by atoms with van der Waals surface area (Å²) in [7, 11) is 0. The van der Waals surface area contributed by atoms with E-state index in [0.717, 1.165) is 4.90 Å². The molecule has 0 amide bonds. The lowest BCUT2D eigenvalue weighted by Crippen LogP contribution is -2.35. The Labute approximate surface area is 84.9 Å². The number of nitrogens with two attached hydrogens (primary N) is 1. The molecule has 0 aliphatic carbocycles. The number of anilines is 2. The number of halogens is 3. The van der Waals surface area contributed by atoms with Crippen molar-refractivity contribution in [2.45, 2.75) is 13.1 Å². The number of alkyl halides is 3. The summed E-state index contributed by atoms with van der Waals surface area (Å²) in [5.41, 5.74) is 5.36. The predicted molar refractivity (Wildman–Crippen MR) is 50.4 cm³/mol. The maximum Gasteiger partial charge on any atom is 0.406 e. The molecule has 0 saturated heterocycles. The highest BCUT2D eigenvalue weighted by atomic mass is 19.4. The van der Waals surface area contributed by atoms with Crippen LogP contribution in [-0.4, -0.2) is 29.2 Å². The summed E-state index contributed by atoms with van der Waals surface area (Å²) in [4.78, 5) is 8.46. The molecule has 0 radical (unpaired) electrons. The van der Waals surface area contributed by atoms with Gasteiger partial charge in [0.15, 0.2) is 0 Å². The summed E-state index contributed by atoms with van der Waals surface area (Å²) in [6.07, 6.45) is -2.94. The summed E-state index contributed by atoms with van der Waals surface area (Å²) in [5, 5.41) is 0. The summed E-state index contributed by atoms with van der Waals surface area (Å²) < 4.78 is 36.5. The lowest BCUT2D eigenvalue weighted by Gasteiger charge is -2.21. The number of nitrogens with zero attached hydrogens (tertiary/aromatic N) is 3. The Hall–Kier alpha value is -1.53. The maximum absolute atomic E-state index is 12.2. The average Bonchev–Trinajstić information content (AvgIpc) is 2.13. The lowest BCUT2D eigenvalue weighted by molar-refractivity contribution is -0.119. The van der Waals surface area contributed by atoms with Crippen LogP contribution < -0.4 is 10.6 Å². The standard InChI is InChI=1S/C8H11F3N4/c1-2-15(5-8(9,10)11)7-13-4-3-6(12)14-7/h3-4H,2,5H2,1H3,(H2,12,13,14). The van der Waals surface area contributed by atoms with E-state index in [1.54, 1.807) is 6.92 Å². The van der Waals surface area contributed by atoms with Gasteiger partial charge >= 0.3 is 6.18 Å². The van der Waals surface area contributed by atoms with Crippen molar-refractivity contribution in [1.29, 1.82) is 0 Å². The zero-order chi connectivity index (χ0) is 11.5. The van der Waals surface area contributed by atoms with Crippen LogP contribution in [0.3, 0.4) is 0 Å².